The molecular formula is C16H24N2O. The molecule has 1 unspecified atom stereocenters. The van der Waals surface area contributed by atoms with Gasteiger partial charge in [-0.15, -0.1) is 0 Å². The Labute approximate surface area is 116 Å². The molecule has 1 saturated heterocycles. The van der Waals surface area contributed by atoms with Gasteiger partial charge in [0, 0.05) is 6.54 Å². The van der Waals surface area contributed by atoms with E-state index >= 15 is 0 Å². The molecule has 0 bridgehead atoms. The SMILES string of the molecule is CCC(CC)CN1C(=O)CNC1c1ccccc1C. The van der Waals surface area contributed by atoms with Crippen molar-refractivity contribution in [2.45, 2.75) is 39.8 Å². The molecule has 0 spiro atoms. The Hall–Kier alpha value is -1.35. The van der Waals surface area contributed by atoms with E-state index in [1.165, 1.54) is 11.1 Å². The molecule has 3 heteroatoms. The molecule has 1 aliphatic rings. The zero-order valence-electron chi connectivity index (χ0n) is 12.1. The molecule has 1 amide bonds. The van der Waals surface area contributed by atoms with Crippen molar-refractivity contribution in [1.29, 1.82) is 0 Å². The highest BCUT2D eigenvalue weighted by molar-refractivity contribution is 5.81. The Kier molecular flexibility index (Phi) is 4.59. The predicted octanol–water partition coefficient (Wildman–Crippen LogP) is 2.86. The summed E-state index contributed by atoms with van der Waals surface area (Å²) < 4.78 is 0. The Balaban J connectivity index is 2.20. The summed E-state index contributed by atoms with van der Waals surface area (Å²) in [6.45, 7) is 7.82. The molecular weight excluding hydrogens is 236 g/mol. The van der Waals surface area contributed by atoms with Crippen molar-refractivity contribution in [3.63, 3.8) is 0 Å². The molecule has 1 fully saturated rings. The van der Waals surface area contributed by atoms with Crippen LogP contribution in [0.15, 0.2) is 24.3 Å². The first-order chi connectivity index (χ1) is 9.17. The van der Waals surface area contributed by atoms with Crippen LogP contribution in [0.3, 0.4) is 0 Å². The second-order valence-electron chi connectivity index (χ2n) is 5.37. The fraction of sp³-hybridized carbons (Fsp3) is 0.562. The summed E-state index contributed by atoms with van der Waals surface area (Å²) in [5.41, 5.74) is 2.46. The molecule has 104 valence electrons. The van der Waals surface area contributed by atoms with E-state index in [-0.39, 0.29) is 12.1 Å². The second-order valence-corrected chi connectivity index (χ2v) is 5.37. The van der Waals surface area contributed by atoms with E-state index in [0.29, 0.717) is 12.5 Å². The lowest BCUT2D eigenvalue weighted by Gasteiger charge is -2.29. The van der Waals surface area contributed by atoms with Gasteiger partial charge in [-0.3, -0.25) is 10.1 Å². The predicted molar refractivity (Wildman–Crippen MR) is 77.7 cm³/mol. The van der Waals surface area contributed by atoms with Gasteiger partial charge in [-0.2, -0.15) is 0 Å². The van der Waals surface area contributed by atoms with E-state index in [2.05, 4.69) is 38.2 Å². The smallest absolute Gasteiger partial charge is 0.238 e. The first kappa shape index (κ1) is 14.1. The topological polar surface area (TPSA) is 32.3 Å². The lowest BCUT2D eigenvalue weighted by Crippen LogP contribution is -2.34. The standard InChI is InChI=1S/C16H24N2O/c1-4-13(5-2)11-18-15(19)10-17-16(18)14-9-7-6-8-12(14)3/h6-9,13,16-17H,4-5,10-11H2,1-3H3. The minimum Gasteiger partial charge on any atom is -0.322 e. The highest BCUT2D eigenvalue weighted by Crippen LogP contribution is 2.27. The zero-order chi connectivity index (χ0) is 13.8. The average molecular weight is 260 g/mol. The lowest BCUT2D eigenvalue weighted by molar-refractivity contribution is -0.128. The largest absolute Gasteiger partial charge is 0.322 e. The van der Waals surface area contributed by atoms with Crippen LogP contribution >= 0.6 is 0 Å². The van der Waals surface area contributed by atoms with Gasteiger partial charge in [-0.25, -0.2) is 0 Å². The zero-order valence-corrected chi connectivity index (χ0v) is 12.1. The molecule has 1 aromatic carbocycles. The molecule has 1 aliphatic heterocycles. The van der Waals surface area contributed by atoms with Crippen molar-refractivity contribution in [2.24, 2.45) is 5.92 Å². The number of hydrogen-bond acceptors (Lipinski definition) is 2. The number of nitrogens with one attached hydrogen (secondary N) is 1. The quantitative estimate of drug-likeness (QED) is 0.883. The molecule has 1 heterocycles. The number of benzene rings is 1. The maximum absolute atomic E-state index is 12.1. The van der Waals surface area contributed by atoms with Crippen LogP contribution in [-0.4, -0.2) is 23.9 Å². The normalized spacial score (nSPS) is 19.5. The fourth-order valence-electron chi connectivity index (χ4n) is 2.74. The van der Waals surface area contributed by atoms with E-state index in [1.807, 2.05) is 17.0 Å². The highest BCUT2D eigenvalue weighted by atomic mass is 16.2. The first-order valence-corrected chi connectivity index (χ1v) is 7.25. The molecule has 2 rings (SSSR count). The van der Waals surface area contributed by atoms with Crippen LogP contribution in [0.4, 0.5) is 0 Å². The third-order valence-corrected chi connectivity index (χ3v) is 4.17. The van der Waals surface area contributed by atoms with Crippen LogP contribution in [0.25, 0.3) is 0 Å². The van der Waals surface area contributed by atoms with Crippen LogP contribution in [-0.2, 0) is 4.79 Å². The number of nitrogens with zero attached hydrogens (tertiary/aromatic N) is 1. The molecule has 3 nitrogen and oxygen atoms in total. The van der Waals surface area contributed by atoms with Crippen LogP contribution in [0.1, 0.15) is 44.0 Å². The first-order valence-electron chi connectivity index (χ1n) is 7.25. The average Bonchev–Trinajstić information content (AvgIpc) is 2.78. The van der Waals surface area contributed by atoms with E-state index in [0.717, 1.165) is 19.4 Å². The summed E-state index contributed by atoms with van der Waals surface area (Å²) in [7, 11) is 0. The Morgan fingerprint density at radius 1 is 1.32 bits per heavy atom. The minimum atomic E-state index is 0.0503. The maximum Gasteiger partial charge on any atom is 0.238 e. The molecule has 0 aromatic heterocycles. The summed E-state index contributed by atoms with van der Waals surface area (Å²) in [4.78, 5) is 14.1. The van der Waals surface area contributed by atoms with Gasteiger partial charge in [0.25, 0.3) is 0 Å². The van der Waals surface area contributed by atoms with E-state index in [9.17, 15) is 4.79 Å². The monoisotopic (exact) mass is 260 g/mol. The van der Waals surface area contributed by atoms with Gasteiger partial charge in [0.1, 0.15) is 6.17 Å². The van der Waals surface area contributed by atoms with Gasteiger partial charge in [-0.05, 0) is 24.0 Å². The van der Waals surface area contributed by atoms with Gasteiger partial charge < -0.3 is 4.90 Å². The molecule has 0 radical (unpaired) electrons. The van der Waals surface area contributed by atoms with E-state index in [4.69, 9.17) is 0 Å². The summed E-state index contributed by atoms with van der Waals surface area (Å²) >= 11 is 0. The number of carbonyl (C=O) groups is 1. The molecule has 1 aromatic rings. The summed E-state index contributed by atoms with van der Waals surface area (Å²) in [5.74, 6) is 0.815. The minimum absolute atomic E-state index is 0.0503. The van der Waals surface area contributed by atoms with Crippen molar-refractivity contribution >= 4 is 5.91 Å². The maximum atomic E-state index is 12.1. The van der Waals surface area contributed by atoms with Gasteiger partial charge in [0.2, 0.25) is 5.91 Å². The van der Waals surface area contributed by atoms with Crippen molar-refractivity contribution in [2.75, 3.05) is 13.1 Å². The Morgan fingerprint density at radius 3 is 2.63 bits per heavy atom. The van der Waals surface area contributed by atoms with Crippen LogP contribution in [0.5, 0.6) is 0 Å². The summed E-state index contributed by atoms with van der Waals surface area (Å²) in [6, 6.07) is 8.31. The number of carbonyl (C=O) groups excluding carboxylic acids is 1. The lowest BCUT2D eigenvalue weighted by atomic mass is 10.0. The number of rotatable bonds is 5. The van der Waals surface area contributed by atoms with Crippen molar-refractivity contribution in [1.82, 2.24) is 10.2 Å². The Morgan fingerprint density at radius 2 is 2.00 bits per heavy atom. The van der Waals surface area contributed by atoms with Gasteiger partial charge >= 0.3 is 0 Å². The fourth-order valence-corrected chi connectivity index (χ4v) is 2.74. The van der Waals surface area contributed by atoms with Gasteiger partial charge in [0.05, 0.1) is 6.54 Å². The van der Waals surface area contributed by atoms with E-state index < -0.39 is 0 Å². The van der Waals surface area contributed by atoms with Crippen molar-refractivity contribution in [3.8, 4) is 0 Å². The molecule has 1 N–H and O–H groups in total. The van der Waals surface area contributed by atoms with Crippen molar-refractivity contribution in [3.05, 3.63) is 35.4 Å². The van der Waals surface area contributed by atoms with Gasteiger partial charge in [0.15, 0.2) is 0 Å². The van der Waals surface area contributed by atoms with Gasteiger partial charge in [-0.1, -0.05) is 51.0 Å². The molecule has 0 aliphatic carbocycles. The molecule has 19 heavy (non-hydrogen) atoms. The van der Waals surface area contributed by atoms with E-state index in [1.54, 1.807) is 0 Å². The van der Waals surface area contributed by atoms with Crippen LogP contribution < -0.4 is 5.32 Å². The third-order valence-electron chi connectivity index (χ3n) is 4.17. The summed E-state index contributed by atoms with van der Waals surface area (Å²) in [6.07, 6.45) is 2.30. The van der Waals surface area contributed by atoms with Crippen LogP contribution in [0, 0.1) is 12.8 Å². The third kappa shape index (κ3) is 2.98. The highest BCUT2D eigenvalue weighted by Gasteiger charge is 2.33. The van der Waals surface area contributed by atoms with Crippen LogP contribution in [0.2, 0.25) is 0 Å². The number of hydrogen-bond donors (Lipinski definition) is 1. The van der Waals surface area contributed by atoms with Crippen molar-refractivity contribution < 1.29 is 4.79 Å². The Bertz CT molecular complexity index is 440. The summed E-state index contributed by atoms with van der Waals surface area (Å²) in [5, 5.41) is 3.34. The molecule has 0 saturated carbocycles. The second kappa shape index (κ2) is 6.20. The number of aryl methyl sites for hydroxylation is 1. The molecule has 1 atom stereocenters. The number of amides is 1.